The lowest BCUT2D eigenvalue weighted by molar-refractivity contribution is 0.423. The van der Waals surface area contributed by atoms with Crippen LogP contribution >= 0.6 is 12.4 Å². The van der Waals surface area contributed by atoms with Gasteiger partial charge in [0.05, 0.1) is 0 Å². The Bertz CT molecular complexity index is 765. The van der Waals surface area contributed by atoms with E-state index in [0.717, 1.165) is 23.2 Å². The van der Waals surface area contributed by atoms with Gasteiger partial charge < -0.3 is 4.90 Å². The fourth-order valence-electron chi connectivity index (χ4n) is 4.49. The van der Waals surface area contributed by atoms with Gasteiger partial charge in [-0.3, -0.25) is 0 Å². The molecule has 2 atom stereocenters. The second-order valence-electron chi connectivity index (χ2n) is 7.02. The summed E-state index contributed by atoms with van der Waals surface area (Å²) in [5, 5.41) is 1.82. The van der Waals surface area contributed by atoms with Crippen LogP contribution in [-0.2, 0) is 0 Å². The van der Waals surface area contributed by atoms with Crippen molar-refractivity contribution in [2.45, 2.75) is 19.3 Å². The molecule has 0 spiro atoms. The molecule has 2 bridgehead atoms. The molecule has 122 valence electrons. The molecule has 3 heteroatoms. The van der Waals surface area contributed by atoms with E-state index in [-0.39, 0.29) is 18.2 Å². The van der Waals surface area contributed by atoms with Crippen LogP contribution in [0.1, 0.15) is 24.8 Å². The van der Waals surface area contributed by atoms with E-state index in [1.54, 1.807) is 11.6 Å². The average Bonchev–Trinajstić information content (AvgIpc) is 3.09. The van der Waals surface area contributed by atoms with Crippen LogP contribution in [0.3, 0.4) is 0 Å². The summed E-state index contributed by atoms with van der Waals surface area (Å²) < 4.78 is 14.1. The quantitative estimate of drug-likeness (QED) is 0.752. The Morgan fingerprint density at radius 3 is 2.43 bits per heavy atom. The van der Waals surface area contributed by atoms with Crippen molar-refractivity contribution in [1.82, 2.24) is 4.90 Å². The number of benzene rings is 2. The summed E-state index contributed by atoms with van der Waals surface area (Å²) in [4.78, 5) is 2.27. The Kier molecular flexibility index (Phi) is 4.48. The van der Waals surface area contributed by atoms with E-state index in [1.807, 2.05) is 24.3 Å². The van der Waals surface area contributed by atoms with E-state index in [0.29, 0.717) is 5.92 Å². The van der Waals surface area contributed by atoms with Gasteiger partial charge in [0.2, 0.25) is 0 Å². The van der Waals surface area contributed by atoms with Gasteiger partial charge >= 0.3 is 0 Å². The molecule has 2 unspecified atom stereocenters. The molecular formula is C20H23ClFN. The topological polar surface area (TPSA) is 3.24 Å². The van der Waals surface area contributed by atoms with Crippen molar-refractivity contribution in [3.63, 3.8) is 0 Å². The van der Waals surface area contributed by atoms with Gasteiger partial charge in [-0.2, -0.15) is 0 Å². The minimum Gasteiger partial charge on any atom is -0.305 e. The molecule has 23 heavy (non-hydrogen) atoms. The summed E-state index contributed by atoms with van der Waals surface area (Å²) in [5.41, 5.74) is 4.38. The fourth-order valence-corrected chi connectivity index (χ4v) is 4.49. The summed E-state index contributed by atoms with van der Waals surface area (Å²) in [6.07, 6.45) is 3.92. The number of halogens is 2. The van der Waals surface area contributed by atoms with Gasteiger partial charge in [-0.1, -0.05) is 30.3 Å². The van der Waals surface area contributed by atoms with Crippen molar-refractivity contribution in [3.8, 4) is 0 Å². The van der Waals surface area contributed by atoms with E-state index >= 15 is 0 Å². The largest absolute Gasteiger partial charge is 0.305 e. The van der Waals surface area contributed by atoms with E-state index in [2.05, 4.69) is 25.1 Å². The molecule has 4 rings (SSSR count). The molecule has 0 radical (unpaired) electrons. The summed E-state index contributed by atoms with van der Waals surface area (Å²) in [6.45, 7) is 1.03. The first-order valence-electron chi connectivity index (χ1n) is 8.20. The van der Waals surface area contributed by atoms with Crippen molar-refractivity contribution in [2.24, 2.45) is 11.8 Å². The van der Waals surface area contributed by atoms with Crippen LogP contribution in [-0.4, -0.2) is 25.5 Å². The highest BCUT2D eigenvalue weighted by Gasteiger charge is 2.39. The summed E-state index contributed by atoms with van der Waals surface area (Å²) in [6, 6.07) is 11.6. The Labute approximate surface area is 143 Å². The van der Waals surface area contributed by atoms with E-state index in [9.17, 15) is 4.39 Å². The van der Waals surface area contributed by atoms with Gasteiger partial charge in [-0.15, -0.1) is 12.4 Å². The molecule has 0 N–H and O–H groups in total. The number of hydrogen-bond acceptors (Lipinski definition) is 1. The van der Waals surface area contributed by atoms with Gasteiger partial charge in [-0.25, -0.2) is 4.39 Å². The summed E-state index contributed by atoms with van der Waals surface area (Å²) in [5.74, 6) is 1.30. The first-order chi connectivity index (χ1) is 10.6. The average molecular weight is 332 g/mol. The minimum atomic E-state index is -0.114. The maximum Gasteiger partial charge on any atom is 0.131 e. The van der Waals surface area contributed by atoms with E-state index < -0.39 is 0 Å². The first kappa shape index (κ1) is 16.5. The maximum atomic E-state index is 14.1. The Balaban J connectivity index is 0.00000156. The second kappa shape index (κ2) is 6.26. The van der Waals surface area contributed by atoms with Gasteiger partial charge in [0.15, 0.2) is 0 Å². The second-order valence-corrected chi connectivity index (χ2v) is 7.02. The number of allylic oxidation sites excluding steroid dienone is 1. The highest BCUT2D eigenvalue weighted by molar-refractivity contribution is 5.96. The fraction of sp³-hybridized carbons (Fsp3) is 0.400. The lowest BCUT2D eigenvalue weighted by Crippen LogP contribution is -2.19. The minimum absolute atomic E-state index is 0. The van der Waals surface area contributed by atoms with Crippen LogP contribution < -0.4 is 0 Å². The molecule has 0 aliphatic heterocycles. The van der Waals surface area contributed by atoms with Crippen molar-refractivity contribution in [3.05, 3.63) is 53.4 Å². The molecular weight excluding hydrogens is 309 g/mol. The third-order valence-corrected chi connectivity index (χ3v) is 5.33. The Morgan fingerprint density at radius 2 is 1.70 bits per heavy atom. The van der Waals surface area contributed by atoms with E-state index in [1.165, 1.54) is 30.4 Å². The van der Waals surface area contributed by atoms with Crippen molar-refractivity contribution in [2.75, 3.05) is 20.6 Å². The number of hydrogen-bond donors (Lipinski definition) is 0. The third kappa shape index (κ3) is 2.68. The number of fused-ring (bicyclic) bond motifs is 3. The highest BCUT2D eigenvalue weighted by Crippen LogP contribution is 2.53. The molecule has 1 saturated carbocycles. The van der Waals surface area contributed by atoms with Crippen molar-refractivity contribution >= 4 is 28.8 Å². The molecule has 2 aliphatic carbocycles. The van der Waals surface area contributed by atoms with Gasteiger partial charge in [0.1, 0.15) is 5.82 Å². The lowest BCUT2D eigenvalue weighted by Gasteiger charge is -2.24. The van der Waals surface area contributed by atoms with Crippen LogP contribution in [0.25, 0.3) is 16.3 Å². The molecule has 2 aliphatic rings. The van der Waals surface area contributed by atoms with Crippen LogP contribution in [0.4, 0.5) is 4.39 Å². The zero-order valence-corrected chi connectivity index (χ0v) is 14.5. The number of rotatable bonds is 3. The monoisotopic (exact) mass is 331 g/mol. The molecule has 0 amide bonds. The third-order valence-electron chi connectivity index (χ3n) is 5.33. The predicted molar refractivity (Wildman–Crippen MR) is 97.5 cm³/mol. The van der Waals surface area contributed by atoms with Crippen LogP contribution in [0.2, 0.25) is 0 Å². The number of likely N-dealkylation sites (N-methyl/N-ethyl adjacent to an activating group) is 1. The lowest BCUT2D eigenvalue weighted by atomic mass is 9.85. The molecule has 0 aromatic heterocycles. The zero-order chi connectivity index (χ0) is 15.3. The van der Waals surface area contributed by atoms with Crippen LogP contribution in [0.15, 0.2) is 42.0 Å². The standard InChI is InChI=1S/C20H22FN.ClH/c1-22(2)12-18-13-7-8-14(11-13)20(18)17-9-10-19(21)16-6-4-3-5-15(16)17;/h3-6,9-10,13-14H,7-8,11-12H2,1-2H3;1H. The number of nitrogens with zero attached hydrogens (tertiary/aromatic N) is 1. The molecule has 0 saturated heterocycles. The molecule has 1 nitrogen and oxygen atoms in total. The van der Waals surface area contributed by atoms with Gasteiger partial charge in [0.25, 0.3) is 0 Å². The summed E-state index contributed by atoms with van der Waals surface area (Å²) in [7, 11) is 4.28. The molecule has 2 aromatic carbocycles. The van der Waals surface area contributed by atoms with Crippen LogP contribution in [0, 0.1) is 17.7 Å². The molecule has 1 fully saturated rings. The highest BCUT2D eigenvalue weighted by atomic mass is 35.5. The Morgan fingerprint density at radius 1 is 1.00 bits per heavy atom. The van der Waals surface area contributed by atoms with E-state index in [4.69, 9.17) is 0 Å². The summed E-state index contributed by atoms with van der Waals surface area (Å²) >= 11 is 0. The predicted octanol–water partition coefficient (Wildman–Crippen LogP) is 5.15. The molecule has 2 aromatic rings. The van der Waals surface area contributed by atoms with Crippen LogP contribution in [0.5, 0.6) is 0 Å². The zero-order valence-electron chi connectivity index (χ0n) is 13.7. The normalized spacial score (nSPS) is 23.0. The Hall–Kier alpha value is -1.38. The maximum absolute atomic E-state index is 14.1. The van der Waals surface area contributed by atoms with Gasteiger partial charge in [0, 0.05) is 11.9 Å². The first-order valence-corrected chi connectivity index (χ1v) is 8.20. The van der Waals surface area contributed by atoms with Gasteiger partial charge in [-0.05, 0) is 73.4 Å². The van der Waals surface area contributed by atoms with Crippen molar-refractivity contribution in [1.29, 1.82) is 0 Å². The molecule has 0 heterocycles. The SMILES string of the molecule is CN(C)CC1=C(c2ccc(F)c3ccccc23)C2CCC1C2.Cl. The smallest absolute Gasteiger partial charge is 0.131 e. The van der Waals surface area contributed by atoms with Crippen molar-refractivity contribution < 1.29 is 4.39 Å².